The fraction of sp³-hybridized carbons (Fsp3) is 0.500. The summed E-state index contributed by atoms with van der Waals surface area (Å²) in [5, 5.41) is 3.51. The molecule has 0 saturated carbocycles. The summed E-state index contributed by atoms with van der Waals surface area (Å²) in [4.78, 5) is 2.13. The Hall–Kier alpha value is -1.02. The molecule has 0 bridgehead atoms. The van der Waals surface area contributed by atoms with Gasteiger partial charge in [0, 0.05) is 25.8 Å². The number of benzene rings is 1. The molecule has 1 heterocycles. The fourth-order valence-corrected chi connectivity index (χ4v) is 1.97. The Balaban J connectivity index is 2.12. The van der Waals surface area contributed by atoms with Gasteiger partial charge in [-0.2, -0.15) is 0 Å². The number of rotatable bonds is 2. The molecule has 1 atom stereocenters. The first kappa shape index (κ1) is 9.53. The van der Waals surface area contributed by atoms with Crippen LogP contribution in [0.4, 0.5) is 5.69 Å². The van der Waals surface area contributed by atoms with E-state index in [9.17, 15) is 0 Å². The van der Waals surface area contributed by atoms with Crippen molar-refractivity contribution in [1.29, 1.82) is 0 Å². The van der Waals surface area contributed by atoms with Crippen molar-refractivity contribution < 1.29 is 0 Å². The van der Waals surface area contributed by atoms with E-state index in [0.29, 0.717) is 6.04 Å². The minimum atomic E-state index is 0.589. The Labute approximate surface area is 85.9 Å². The van der Waals surface area contributed by atoms with Crippen LogP contribution in [0, 0.1) is 0 Å². The topological polar surface area (TPSA) is 15.3 Å². The van der Waals surface area contributed by atoms with E-state index < -0.39 is 0 Å². The number of nitrogens with zero attached hydrogens (tertiary/aromatic N) is 1. The van der Waals surface area contributed by atoms with E-state index in [4.69, 9.17) is 0 Å². The largest absolute Gasteiger partial charge is 0.378 e. The molecule has 1 aromatic carbocycles. The number of hydrogen-bond acceptors (Lipinski definition) is 2. The lowest BCUT2D eigenvalue weighted by atomic mass is 10.1. The summed E-state index contributed by atoms with van der Waals surface area (Å²) >= 11 is 0. The predicted octanol–water partition coefficient (Wildman–Crippen LogP) is 2.18. The third kappa shape index (κ3) is 1.90. The van der Waals surface area contributed by atoms with E-state index >= 15 is 0 Å². The monoisotopic (exact) mass is 190 g/mol. The summed E-state index contributed by atoms with van der Waals surface area (Å²) < 4.78 is 0. The first-order valence-electron chi connectivity index (χ1n) is 5.28. The molecule has 14 heavy (non-hydrogen) atoms. The van der Waals surface area contributed by atoms with Crippen LogP contribution in [-0.2, 0) is 0 Å². The van der Waals surface area contributed by atoms with Crippen molar-refractivity contribution in [3.63, 3.8) is 0 Å². The number of anilines is 1. The average molecular weight is 190 g/mol. The molecule has 2 nitrogen and oxygen atoms in total. The molecule has 0 radical (unpaired) electrons. The number of nitrogens with one attached hydrogen (secondary N) is 1. The van der Waals surface area contributed by atoms with Gasteiger partial charge in [-0.3, -0.25) is 0 Å². The Morgan fingerprint density at radius 1 is 1.21 bits per heavy atom. The highest BCUT2D eigenvalue weighted by Crippen LogP contribution is 2.24. The second-order valence-corrected chi connectivity index (χ2v) is 4.13. The van der Waals surface area contributed by atoms with Gasteiger partial charge in [0.15, 0.2) is 0 Å². The lowest BCUT2D eigenvalue weighted by Crippen LogP contribution is -2.13. The summed E-state index contributed by atoms with van der Waals surface area (Å²) in [7, 11) is 4.14. The highest BCUT2D eigenvalue weighted by Gasteiger charge is 2.15. The molecule has 0 aromatic heterocycles. The van der Waals surface area contributed by atoms with Gasteiger partial charge in [-0.1, -0.05) is 12.1 Å². The van der Waals surface area contributed by atoms with Crippen LogP contribution in [0.3, 0.4) is 0 Å². The van der Waals surface area contributed by atoms with Crippen molar-refractivity contribution in [3.05, 3.63) is 29.8 Å². The Morgan fingerprint density at radius 2 is 1.93 bits per heavy atom. The Bertz CT molecular complexity index is 284. The minimum absolute atomic E-state index is 0.589. The van der Waals surface area contributed by atoms with Crippen LogP contribution in [-0.4, -0.2) is 20.6 Å². The van der Waals surface area contributed by atoms with E-state index in [1.807, 2.05) is 0 Å². The molecular weight excluding hydrogens is 172 g/mol. The summed E-state index contributed by atoms with van der Waals surface area (Å²) in [5.74, 6) is 0. The van der Waals surface area contributed by atoms with E-state index in [2.05, 4.69) is 48.6 Å². The second kappa shape index (κ2) is 4.01. The van der Waals surface area contributed by atoms with Crippen LogP contribution in [0.2, 0.25) is 0 Å². The maximum Gasteiger partial charge on any atom is 0.0361 e. The maximum atomic E-state index is 3.51. The molecule has 0 aliphatic carbocycles. The van der Waals surface area contributed by atoms with E-state index in [1.54, 1.807) is 0 Å². The normalized spacial score (nSPS) is 21.1. The lowest BCUT2D eigenvalue weighted by Gasteiger charge is -2.15. The van der Waals surface area contributed by atoms with Crippen molar-refractivity contribution in [2.45, 2.75) is 18.9 Å². The second-order valence-electron chi connectivity index (χ2n) is 4.13. The van der Waals surface area contributed by atoms with Gasteiger partial charge in [-0.25, -0.2) is 0 Å². The summed E-state index contributed by atoms with van der Waals surface area (Å²) in [6, 6.07) is 9.44. The zero-order chi connectivity index (χ0) is 9.97. The van der Waals surface area contributed by atoms with E-state index in [1.165, 1.54) is 30.6 Å². The molecule has 1 aromatic rings. The van der Waals surface area contributed by atoms with Gasteiger partial charge in [0.1, 0.15) is 0 Å². The smallest absolute Gasteiger partial charge is 0.0361 e. The molecular formula is C12H18N2. The first-order valence-corrected chi connectivity index (χ1v) is 5.28. The van der Waals surface area contributed by atoms with Gasteiger partial charge in [-0.15, -0.1) is 0 Å². The van der Waals surface area contributed by atoms with E-state index in [0.717, 1.165) is 0 Å². The lowest BCUT2D eigenvalue weighted by molar-refractivity contribution is 0.648. The molecule has 2 heteroatoms. The van der Waals surface area contributed by atoms with Crippen molar-refractivity contribution in [3.8, 4) is 0 Å². The third-order valence-corrected chi connectivity index (χ3v) is 2.87. The first-order chi connectivity index (χ1) is 6.77. The highest BCUT2D eigenvalue weighted by atomic mass is 15.1. The zero-order valence-electron chi connectivity index (χ0n) is 8.96. The molecule has 76 valence electrons. The van der Waals surface area contributed by atoms with Gasteiger partial charge in [0.25, 0.3) is 0 Å². The van der Waals surface area contributed by atoms with Gasteiger partial charge in [-0.05, 0) is 37.1 Å². The zero-order valence-corrected chi connectivity index (χ0v) is 8.96. The maximum absolute atomic E-state index is 3.51. The van der Waals surface area contributed by atoms with Gasteiger partial charge < -0.3 is 10.2 Å². The molecule has 1 aliphatic heterocycles. The van der Waals surface area contributed by atoms with Crippen LogP contribution in [0.25, 0.3) is 0 Å². The fourth-order valence-electron chi connectivity index (χ4n) is 1.97. The molecule has 1 aliphatic rings. The number of hydrogen-bond donors (Lipinski definition) is 1. The van der Waals surface area contributed by atoms with Crippen molar-refractivity contribution in [1.82, 2.24) is 5.32 Å². The van der Waals surface area contributed by atoms with E-state index in [-0.39, 0.29) is 0 Å². The summed E-state index contributed by atoms with van der Waals surface area (Å²) in [6.45, 7) is 1.17. The molecule has 1 saturated heterocycles. The predicted molar refractivity (Wildman–Crippen MR) is 60.7 cm³/mol. The summed E-state index contributed by atoms with van der Waals surface area (Å²) in [5.41, 5.74) is 2.69. The van der Waals surface area contributed by atoms with Gasteiger partial charge >= 0.3 is 0 Å². The molecule has 0 amide bonds. The van der Waals surface area contributed by atoms with Gasteiger partial charge in [0.2, 0.25) is 0 Å². The van der Waals surface area contributed by atoms with Crippen molar-refractivity contribution in [2.24, 2.45) is 0 Å². The van der Waals surface area contributed by atoms with Crippen molar-refractivity contribution in [2.75, 3.05) is 25.5 Å². The molecule has 1 N–H and O–H groups in total. The third-order valence-electron chi connectivity index (χ3n) is 2.87. The molecule has 1 fully saturated rings. The minimum Gasteiger partial charge on any atom is -0.378 e. The SMILES string of the molecule is CN(C)c1ccc(C2CCCN2)cc1. The van der Waals surface area contributed by atoms with Crippen molar-refractivity contribution >= 4 is 5.69 Å². The molecule has 1 unspecified atom stereocenters. The van der Waals surface area contributed by atoms with Crippen LogP contribution in [0.1, 0.15) is 24.4 Å². The average Bonchev–Trinajstić information content (AvgIpc) is 2.71. The quantitative estimate of drug-likeness (QED) is 0.769. The van der Waals surface area contributed by atoms with Crippen LogP contribution < -0.4 is 10.2 Å². The van der Waals surface area contributed by atoms with Crippen LogP contribution in [0.5, 0.6) is 0 Å². The van der Waals surface area contributed by atoms with Gasteiger partial charge in [0.05, 0.1) is 0 Å². The van der Waals surface area contributed by atoms with Crippen LogP contribution in [0.15, 0.2) is 24.3 Å². The Morgan fingerprint density at radius 3 is 2.43 bits per heavy atom. The molecule has 0 spiro atoms. The Kier molecular flexibility index (Phi) is 2.73. The summed E-state index contributed by atoms with van der Waals surface area (Å²) in [6.07, 6.45) is 2.58. The van der Waals surface area contributed by atoms with Crippen LogP contribution >= 0.6 is 0 Å². The molecule has 2 rings (SSSR count). The highest BCUT2D eigenvalue weighted by molar-refractivity contribution is 5.46. The standard InChI is InChI=1S/C12H18N2/c1-14(2)11-7-5-10(6-8-11)12-4-3-9-13-12/h5-8,12-13H,3-4,9H2,1-2H3.